The van der Waals surface area contributed by atoms with Crippen molar-refractivity contribution < 1.29 is 33.8 Å². The van der Waals surface area contributed by atoms with E-state index >= 15 is 0 Å². The molecule has 0 spiro atoms. The highest BCUT2D eigenvalue weighted by Gasteiger charge is 2.37. The molecule has 9 heteroatoms. The Morgan fingerprint density at radius 3 is 2.38 bits per heavy atom. The van der Waals surface area contributed by atoms with Gasteiger partial charge in [0.05, 0.1) is 18.4 Å². The van der Waals surface area contributed by atoms with E-state index in [1.165, 1.54) is 25.3 Å². The number of methoxy groups -OCH3 is 1. The number of carboxylic acids is 1. The van der Waals surface area contributed by atoms with Crippen molar-refractivity contribution in [3.05, 3.63) is 94.1 Å². The van der Waals surface area contributed by atoms with Gasteiger partial charge in [0, 0.05) is 0 Å². The van der Waals surface area contributed by atoms with Crippen molar-refractivity contribution >= 4 is 35.6 Å². The van der Waals surface area contributed by atoms with E-state index in [0.29, 0.717) is 28.3 Å². The molecule has 3 aromatic rings. The fourth-order valence-electron chi connectivity index (χ4n) is 3.99. The Bertz CT molecular complexity index is 1440. The van der Waals surface area contributed by atoms with E-state index in [9.17, 15) is 19.2 Å². The summed E-state index contributed by atoms with van der Waals surface area (Å²) in [6, 6.07) is 15.7. The number of carboxylic acid groups (broad SMARTS) is 1. The number of aromatic carboxylic acids is 1. The highest BCUT2D eigenvalue weighted by molar-refractivity contribution is 6.39. The molecule has 0 aliphatic carbocycles. The lowest BCUT2D eigenvalue weighted by molar-refractivity contribution is -0.122. The Hall–Kier alpha value is -4.92. The maximum absolute atomic E-state index is 13.2. The first-order valence-electron chi connectivity index (χ1n) is 11.3. The lowest BCUT2D eigenvalue weighted by Crippen LogP contribution is -2.54. The number of imide groups is 2. The molecule has 1 heterocycles. The number of ether oxygens (including phenoxy) is 2. The van der Waals surface area contributed by atoms with E-state index in [-0.39, 0.29) is 17.7 Å². The predicted molar refractivity (Wildman–Crippen MR) is 136 cm³/mol. The number of amides is 4. The second kappa shape index (κ2) is 10.4. The molecule has 1 aliphatic rings. The molecule has 0 saturated carbocycles. The molecule has 3 aromatic carbocycles. The van der Waals surface area contributed by atoms with E-state index in [0.717, 1.165) is 16.0 Å². The number of nitrogens with zero attached hydrogens (tertiary/aromatic N) is 1. The van der Waals surface area contributed by atoms with Gasteiger partial charge in [-0.1, -0.05) is 24.3 Å². The Morgan fingerprint density at radius 1 is 0.973 bits per heavy atom. The molecule has 1 saturated heterocycles. The van der Waals surface area contributed by atoms with Gasteiger partial charge >= 0.3 is 12.0 Å². The number of hydrogen-bond donors (Lipinski definition) is 2. The van der Waals surface area contributed by atoms with Crippen LogP contribution in [0.1, 0.15) is 32.6 Å². The molecular formula is C28H24N2O7. The third-order valence-corrected chi connectivity index (χ3v) is 5.63. The first-order chi connectivity index (χ1) is 17.7. The number of carbonyl (C=O) groups excluding carboxylic acids is 3. The number of barbiturate groups is 1. The Kier molecular flexibility index (Phi) is 7.06. The summed E-state index contributed by atoms with van der Waals surface area (Å²) in [6.45, 7) is 3.80. The molecule has 4 amide bonds. The fourth-order valence-corrected chi connectivity index (χ4v) is 3.99. The van der Waals surface area contributed by atoms with Crippen LogP contribution in [0.2, 0.25) is 0 Å². The summed E-state index contributed by atoms with van der Waals surface area (Å²) < 4.78 is 11.2. The Morgan fingerprint density at radius 2 is 1.70 bits per heavy atom. The summed E-state index contributed by atoms with van der Waals surface area (Å²) in [6.07, 6.45) is 1.38. The third kappa shape index (κ3) is 5.51. The van der Waals surface area contributed by atoms with Crippen LogP contribution in [-0.4, -0.2) is 36.0 Å². The van der Waals surface area contributed by atoms with Crippen molar-refractivity contribution in [2.45, 2.75) is 20.5 Å². The maximum atomic E-state index is 13.2. The van der Waals surface area contributed by atoms with Gasteiger partial charge in [0.2, 0.25) is 0 Å². The second-order valence-corrected chi connectivity index (χ2v) is 8.51. The van der Waals surface area contributed by atoms with Crippen LogP contribution in [0.3, 0.4) is 0 Å². The van der Waals surface area contributed by atoms with E-state index < -0.39 is 23.8 Å². The standard InChI is InChI=1S/C28H24N2O7/c1-16-9-17(2)11-21(10-16)30-26(32)22(25(31)29-28(30)35)13-18-7-8-23(24(14-18)36-3)37-15-19-5-4-6-20(12-19)27(33)34/h4-14H,15H2,1-3H3,(H,33,34)(H,29,31,35). The summed E-state index contributed by atoms with van der Waals surface area (Å²) in [5.41, 5.74) is 3.19. The SMILES string of the molecule is COc1cc(C=C2C(=O)NC(=O)N(c3cc(C)cc(C)c3)C2=O)ccc1OCc1cccc(C(=O)O)c1. The number of anilines is 1. The van der Waals surface area contributed by atoms with Crippen molar-refractivity contribution in [2.75, 3.05) is 12.0 Å². The molecule has 0 radical (unpaired) electrons. The Labute approximate surface area is 212 Å². The van der Waals surface area contributed by atoms with Crippen molar-refractivity contribution in [3.63, 3.8) is 0 Å². The monoisotopic (exact) mass is 500 g/mol. The van der Waals surface area contributed by atoms with Crippen LogP contribution >= 0.6 is 0 Å². The number of nitrogens with one attached hydrogen (secondary N) is 1. The van der Waals surface area contributed by atoms with E-state index in [4.69, 9.17) is 14.6 Å². The van der Waals surface area contributed by atoms with Gasteiger partial charge in [-0.3, -0.25) is 14.9 Å². The minimum atomic E-state index is -1.03. The first kappa shape index (κ1) is 25.2. The van der Waals surface area contributed by atoms with Gasteiger partial charge < -0.3 is 14.6 Å². The molecule has 1 fully saturated rings. The number of benzene rings is 3. The number of aryl methyl sites for hydroxylation is 2. The van der Waals surface area contributed by atoms with Gasteiger partial charge in [0.15, 0.2) is 11.5 Å². The largest absolute Gasteiger partial charge is 0.493 e. The van der Waals surface area contributed by atoms with Crippen molar-refractivity contribution in [2.24, 2.45) is 0 Å². The topological polar surface area (TPSA) is 122 Å². The van der Waals surface area contributed by atoms with Gasteiger partial charge in [-0.25, -0.2) is 14.5 Å². The zero-order chi connectivity index (χ0) is 26.7. The molecule has 0 unspecified atom stereocenters. The first-order valence-corrected chi connectivity index (χ1v) is 11.3. The van der Waals surface area contributed by atoms with Gasteiger partial charge in [-0.15, -0.1) is 0 Å². The summed E-state index contributed by atoms with van der Waals surface area (Å²) >= 11 is 0. The lowest BCUT2D eigenvalue weighted by Gasteiger charge is -2.27. The number of carbonyl (C=O) groups is 4. The van der Waals surface area contributed by atoms with Crippen LogP contribution in [0.25, 0.3) is 6.08 Å². The van der Waals surface area contributed by atoms with Crippen molar-refractivity contribution in [3.8, 4) is 11.5 Å². The predicted octanol–water partition coefficient (Wildman–Crippen LogP) is 4.26. The Balaban J connectivity index is 1.59. The minimum Gasteiger partial charge on any atom is -0.493 e. The number of rotatable bonds is 7. The average Bonchev–Trinajstić information content (AvgIpc) is 2.85. The zero-order valence-electron chi connectivity index (χ0n) is 20.4. The minimum absolute atomic E-state index is 0.103. The summed E-state index contributed by atoms with van der Waals surface area (Å²) in [5, 5.41) is 11.4. The molecule has 2 N–H and O–H groups in total. The molecule has 1 aliphatic heterocycles. The lowest BCUT2D eigenvalue weighted by atomic mass is 10.0. The van der Waals surface area contributed by atoms with Gasteiger partial charge in [0.25, 0.3) is 11.8 Å². The molecule has 0 aromatic heterocycles. The molecule has 37 heavy (non-hydrogen) atoms. The van der Waals surface area contributed by atoms with Gasteiger partial charge in [-0.2, -0.15) is 0 Å². The number of hydrogen-bond acceptors (Lipinski definition) is 6. The fraction of sp³-hybridized carbons (Fsp3) is 0.143. The number of urea groups is 1. The quantitative estimate of drug-likeness (QED) is 0.367. The van der Waals surface area contributed by atoms with Crippen LogP contribution in [0.4, 0.5) is 10.5 Å². The summed E-state index contributed by atoms with van der Waals surface area (Å²) in [7, 11) is 1.45. The van der Waals surface area contributed by atoms with Crippen molar-refractivity contribution in [1.29, 1.82) is 0 Å². The zero-order valence-corrected chi connectivity index (χ0v) is 20.4. The van der Waals surface area contributed by atoms with Crippen molar-refractivity contribution in [1.82, 2.24) is 5.32 Å². The second-order valence-electron chi connectivity index (χ2n) is 8.51. The smallest absolute Gasteiger partial charge is 0.335 e. The molecule has 0 atom stereocenters. The van der Waals surface area contributed by atoms with Gasteiger partial charge in [0.1, 0.15) is 12.2 Å². The maximum Gasteiger partial charge on any atom is 0.335 e. The summed E-state index contributed by atoms with van der Waals surface area (Å²) in [4.78, 5) is 50.4. The van der Waals surface area contributed by atoms with Gasteiger partial charge in [-0.05, 0) is 78.6 Å². The molecule has 9 nitrogen and oxygen atoms in total. The van der Waals surface area contributed by atoms with Crippen LogP contribution in [0.15, 0.2) is 66.2 Å². The van der Waals surface area contributed by atoms with Crippen LogP contribution in [0.5, 0.6) is 11.5 Å². The van der Waals surface area contributed by atoms with Crippen LogP contribution < -0.4 is 19.7 Å². The highest BCUT2D eigenvalue weighted by Crippen LogP contribution is 2.31. The summed E-state index contributed by atoms with van der Waals surface area (Å²) in [5.74, 6) is -1.84. The molecule has 4 rings (SSSR count). The third-order valence-electron chi connectivity index (χ3n) is 5.63. The van der Waals surface area contributed by atoms with E-state index in [2.05, 4.69) is 5.32 Å². The van der Waals surface area contributed by atoms with E-state index in [1.807, 2.05) is 19.9 Å². The van der Waals surface area contributed by atoms with Crippen LogP contribution in [0, 0.1) is 13.8 Å². The average molecular weight is 501 g/mol. The van der Waals surface area contributed by atoms with E-state index in [1.54, 1.807) is 42.5 Å². The molecule has 188 valence electrons. The molecule has 0 bridgehead atoms. The molecular weight excluding hydrogens is 476 g/mol. The normalized spacial score (nSPS) is 14.5. The highest BCUT2D eigenvalue weighted by atomic mass is 16.5. The van der Waals surface area contributed by atoms with Crippen LogP contribution in [-0.2, 0) is 16.2 Å².